The van der Waals surface area contributed by atoms with Crippen LogP contribution in [0.3, 0.4) is 0 Å². The van der Waals surface area contributed by atoms with Crippen LogP contribution in [0.1, 0.15) is 38.9 Å². The highest BCUT2D eigenvalue weighted by molar-refractivity contribution is 5.72. The summed E-state index contributed by atoms with van der Waals surface area (Å²) in [4.78, 5) is 22.5. The quantitative estimate of drug-likeness (QED) is 0.454. The maximum atomic E-state index is 11.7. The van der Waals surface area contributed by atoms with Crippen LogP contribution < -0.4 is 4.74 Å². The molecule has 0 N–H and O–H groups in total. The number of carbonyl (C=O) groups excluding carboxylic acids is 2. The summed E-state index contributed by atoms with van der Waals surface area (Å²) >= 11 is 0. The van der Waals surface area contributed by atoms with Crippen molar-refractivity contribution in [1.82, 2.24) is 0 Å². The van der Waals surface area contributed by atoms with Crippen molar-refractivity contribution < 1.29 is 19.1 Å². The predicted octanol–water partition coefficient (Wildman–Crippen LogP) is 3.43. The van der Waals surface area contributed by atoms with Gasteiger partial charge in [0.05, 0.1) is 5.92 Å². The third-order valence-corrected chi connectivity index (χ3v) is 2.62. The van der Waals surface area contributed by atoms with E-state index in [1.165, 1.54) is 6.92 Å². The molecule has 1 atom stereocenters. The Morgan fingerprint density at radius 2 is 1.85 bits per heavy atom. The molecule has 0 radical (unpaired) electrons. The van der Waals surface area contributed by atoms with Crippen LogP contribution >= 0.6 is 0 Å². The molecule has 0 amide bonds. The van der Waals surface area contributed by atoms with Crippen molar-refractivity contribution in [2.24, 2.45) is 5.92 Å². The predicted molar refractivity (Wildman–Crippen MR) is 76.2 cm³/mol. The van der Waals surface area contributed by atoms with Gasteiger partial charge in [0.1, 0.15) is 11.9 Å². The van der Waals surface area contributed by atoms with E-state index in [1.54, 1.807) is 44.2 Å². The number of carbonyl (C=O) groups is 2. The molecule has 1 aromatic rings. The van der Waals surface area contributed by atoms with E-state index in [1.807, 2.05) is 0 Å². The van der Waals surface area contributed by atoms with Crippen molar-refractivity contribution in [2.45, 2.75) is 33.3 Å². The summed E-state index contributed by atoms with van der Waals surface area (Å²) in [6.07, 6.45) is 1.87. The zero-order chi connectivity index (χ0) is 15.1. The number of esters is 2. The van der Waals surface area contributed by atoms with Crippen molar-refractivity contribution in [3.63, 3.8) is 0 Å². The minimum Gasteiger partial charge on any atom is -0.457 e. The fourth-order valence-corrected chi connectivity index (χ4v) is 1.60. The molecule has 0 aliphatic carbocycles. The van der Waals surface area contributed by atoms with E-state index in [0.717, 1.165) is 5.56 Å². The zero-order valence-corrected chi connectivity index (χ0v) is 12.1. The normalized spacial score (nSPS) is 11.8. The van der Waals surface area contributed by atoms with Gasteiger partial charge in [-0.1, -0.05) is 32.1 Å². The molecule has 0 saturated heterocycles. The first kappa shape index (κ1) is 16.0. The minimum absolute atomic E-state index is 0.178. The van der Waals surface area contributed by atoms with E-state index >= 15 is 0 Å². The molecule has 1 unspecified atom stereocenters. The van der Waals surface area contributed by atoms with Gasteiger partial charge in [0.2, 0.25) is 0 Å². The molecule has 4 heteroatoms. The smallest absolute Gasteiger partial charge is 0.308 e. The standard InChI is InChI=1S/C16H20O4/c1-5-6-15(20-16(18)11(2)3)13-7-9-14(10-8-13)19-12(4)17/h5,7-11,15H,1,6H2,2-4H3. The number of ether oxygens (including phenoxy) is 2. The highest BCUT2D eigenvalue weighted by Crippen LogP contribution is 2.25. The van der Waals surface area contributed by atoms with Gasteiger partial charge in [-0.2, -0.15) is 0 Å². The van der Waals surface area contributed by atoms with Gasteiger partial charge in [-0.05, 0) is 17.7 Å². The molecule has 20 heavy (non-hydrogen) atoms. The first-order valence-corrected chi connectivity index (χ1v) is 6.53. The number of hydrogen-bond acceptors (Lipinski definition) is 4. The van der Waals surface area contributed by atoms with E-state index in [-0.39, 0.29) is 24.0 Å². The van der Waals surface area contributed by atoms with Crippen LogP contribution in [0.2, 0.25) is 0 Å². The topological polar surface area (TPSA) is 52.6 Å². The fraction of sp³-hybridized carbons (Fsp3) is 0.375. The molecule has 1 rings (SSSR count). The molecular weight excluding hydrogens is 256 g/mol. The van der Waals surface area contributed by atoms with Gasteiger partial charge >= 0.3 is 11.9 Å². The Labute approximate surface area is 119 Å². The van der Waals surface area contributed by atoms with Crippen LogP contribution in [0.5, 0.6) is 5.75 Å². The molecule has 1 aromatic carbocycles. The summed E-state index contributed by atoms with van der Waals surface area (Å²) in [5.41, 5.74) is 0.842. The second-order valence-electron chi connectivity index (χ2n) is 4.77. The van der Waals surface area contributed by atoms with Crippen molar-refractivity contribution in [3.8, 4) is 5.75 Å². The molecule has 0 heterocycles. The lowest BCUT2D eigenvalue weighted by Gasteiger charge is -2.18. The average Bonchev–Trinajstić information content (AvgIpc) is 2.38. The Morgan fingerprint density at radius 3 is 2.30 bits per heavy atom. The highest BCUT2D eigenvalue weighted by atomic mass is 16.5. The van der Waals surface area contributed by atoms with Crippen molar-refractivity contribution in [2.75, 3.05) is 0 Å². The van der Waals surface area contributed by atoms with Gasteiger partial charge in [0, 0.05) is 13.3 Å². The van der Waals surface area contributed by atoms with Crippen LogP contribution in [-0.2, 0) is 14.3 Å². The van der Waals surface area contributed by atoms with Gasteiger partial charge in [0.25, 0.3) is 0 Å². The van der Waals surface area contributed by atoms with Crippen LogP contribution in [0.25, 0.3) is 0 Å². The second-order valence-corrected chi connectivity index (χ2v) is 4.77. The summed E-state index contributed by atoms with van der Waals surface area (Å²) < 4.78 is 10.4. The third-order valence-electron chi connectivity index (χ3n) is 2.62. The summed E-state index contributed by atoms with van der Waals surface area (Å²) in [5, 5.41) is 0. The Bertz CT molecular complexity index is 474. The molecule has 0 saturated carbocycles. The summed E-state index contributed by atoms with van der Waals surface area (Å²) in [7, 11) is 0. The van der Waals surface area contributed by atoms with Gasteiger partial charge < -0.3 is 9.47 Å². The summed E-state index contributed by atoms with van der Waals surface area (Å²) in [6, 6.07) is 6.91. The molecule has 0 spiro atoms. The lowest BCUT2D eigenvalue weighted by Crippen LogP contribution is -2.16. The van der Waals surface area contributed by atoms with Crippen molar-refractivity contribution in [1.29, 1.82) is 0 Å². The van der Waals surface area contributed by atoms with E-state index in [4.69, 9.17) is 9.47 Å². The Hall–Kier alpha value is -2.10. The number of rotatable bonds is 6. The fourth-order valence-electron chi connectivity index (χ4n) is 1.60. The summed E-state index contributed by atoms with van der Waals surface area (Å²) in [6.45, 7) is 8.60. The molecule has 0 aromatic heterocycles. The molecular formula is C16H20O4. The van der Waals surface area contributed by atoms with Gasteiger partial charge in [-0.25, -0.2) is 0 Å². The van der Waals surface area contributed by atoms with Gasteiger partial charge in [0.15, 0.2) is 0 Å². The molecule has 0 aliphatic heterocycles. The molecule has 4 nitrogen and oxygen atoms in total. The first-order valence-electron chi connectivity index (χ1n) is 6.53. The van der Waals surface area contributed by atoms with E-state index in [0.29, 0.717) is 12.2 Å². The molecule has 0 bridgehead atoms. The first-order chi connectivity index (χ1) is 9.43. The number of hydrogen-bond donors (Lipinski definition) is 0. The van der Waals surface area contributed by atoms with E-state index < -0.39 is 0 Å². The lowest BCUT2D eigenvalue weighted by atomic mass is 10.1. The second kappa shape index (κ2) is 7.48. The van der Waals surface area contributed by atoms with Crippen LogP contribution in [0.15, 0.2) is 36.9 Å². The van der Waals surface area contributed by atoms with Crippen molar-refractivity contribution >= 4 is 11.9 Å². The number of benzene rings is 1. The van der Waals surface area contributed by atoms with Gasteiger partial charge in [-0.15, -0.1) is 6.58 Å². The monoisotopic (exact) mass is 276 g/mol. The maximum absolute atomic E-state index is 11.7. The summed E-state index contributed by atoms with van der Waals surface area (Å²) in [5.74, 6) is -0.330. The van der Waals surface area contributed by atoms with Crippen molar-refractivity contribution in [3.05, 3.63) is 42.5 Å². The molecule has 0 fully saturated rings. The van der Waals surface area contributed by atoms with E-state index in [9.17, 15) is 9.59 Å². The van der Waals surface area contributed by atoms with E-state index in [2.05, 4.69) is 6.58 Å². The van der Waals surface area contributed by atoms with Crippen LogP contribution in [0, 0.1) is 5.92 Å². The zero-order valence-electron chi connectivity index (χ0n) is 12.1. The molecule has 0 aliphatic rings. The van der Waals surface area contributed by atoms with Gasteiger partial charge in [-0.3, -0.25) is 9.59 Å². The Morgan fingerprint density at radius 1 is 1.25 bits per heavy atom. The average molecular weight is 276 g/mol. The Kier molecular flexibility index (Phi) is 5.97. The third kappa shape index (κ3) is 4.88. The largest absolute Gasteiger partial charge is 0.457 e. The Balaban J connectivity index is 2.83. The highest BCUT2D eigenvalue weighted by Gasteiger charge is 2.17. The lowest BCUT2D eigenvalue weighted by molar-refractivity contribution is -0.153. The van der Waals surface area contributed by atoms with Crippen LogP contribution in [0.4, 0.5) is 0 Å². The SMILES string of the molecule is C=CCC(OC(=O)C(C)C)c1ccc(OC(C)=O)cc1. The van der Waals surface area contributed by atoms with Crippen LogP contribution in [-0.4, -0.2) is 11.9 Å². The minimum atomic E-state index is -0.369. The molecule has 108 valence electrons. The maximum Gasteiger partial charge on any atom is 0.308 e.